The van der Waals surface area contributed by atoms with Crippen LogP contribution in [0.25, 0.3) is 0 Å². The molecular weight excluding hydrogens is 172 g/mol. The summed E-state index contributed by atoms with van der Waals surface area (Å²) in [5.74, 6) is -0.542. The summed E-state index contributed by atoms with van der Waals surface area (Å²) in [5.41, 5.74) is -0.954. The molecule has 76 valence electrons. The molecule has 0 aliphatic rings. The number of Topliss-reactive ketones (excluding diaryl/α,β-unsaturated/α-hetero) is 1. The van der Waals surface area contributed by atoms with Gasteiger partial charge in [0.05, 0.1) is 12.0 Å². The van der Waals surface area contributed by atoms with E-state index in [9.17, 15) is 9.59 Å². The Morgan fingerprint density at radius 3 is 2.31 bits per heavy atom. The molecule has 0 aliphatic carbocycles. The highest BCUT2D eigenvalue weighted by molar-refractivity contribution is 5.82. The van der Waals surface area contributed by atoms with Gasteiger partial charge in [0.15, 0.2) is 0 Å². The van der Waals surface area contributed by atoms with Gasteiger partial charge in [-0.15, -0.1) is 0 Å². The quantitative estimate of drug-likeness (QED) is 0.639. The van der Waals surface area contributed by atoms with Crippen molar-refractivity contribution < 1.29 is 19.4 Å². The maximum Gasteiger partial charge on any atom is 0.305 e. The van der Waals surface area contributed by atoms with Crippen molar-refractivity contribution in [3.05, 3.63) is 0 Å². The zero-order chi connectivity index (χ0) is 10.5. The third-order valence-electron chi connectivity index (χ3n) is 2.04. The Morgan fingerprint density at radius 2 is 2.00 bits per heavy atom. The van der Waals surface area contributed by atoms with Crippen molar-refractivity contribution in [2.75, 3.05) is 13.2 Å². The van der Waals surface area contributed by atoms with Crippen LogP contribution in [0.4, 0.5) is 0 Å². The summed E-state index contributed by atoms with van der Waals surface area (Å²) in [4.78, 5) is 21.8. The van der Waals surface area contributed by atoms with Crippen molar-refractivity contribution in [1.82, 2.24) is 0 Å². The number of carbonyl (C=O) groups is 2. The van der Waals surface area contributed by atoms with Crippen LogP contribution in [0.1, 0.15) is 27.2 Å². The van der Waals surface area contributed by atoms with Gasteiger partial charge in [-0.25, -0.2) is 0 Å². The summed E-state index contributed by atoms with van der Waals surface area (Å²) in [5, 5.41) is 8.93. The predicted octanol–water partition coefficient (Wildman–Crippen LogP) is 0.527. The highest BCUT2D eigenvalue weighted by Crippen LogP contribution is 2.17. The molecule has 0 bridgehead atoms. The van der Waals surface area contributed by atoms with Crippen LogP contribution in [0.15, 0.2) is 0 Å². The van der Waals surface area contributed by atoms with Gasteiger partial charge in [0, 0.05) is 6.42 Å². The zero-order valence-corrected chi connectivity index (χ0v) is 8.29. The molecule has 0 amide bonds. The Hall–Kier alpha value is -0.900. The Bertz CT molecular complexity index is 200. The average molecular weight is 188 g/mol. The minimum Gasteiger partial charge on any atom is -0.465 e. The number of ketones is 1. The first kappa shape index (κ1) is 12.1. The van der Waals surface area contributed by atoms with Crippen LogP contribution < -0.4 is 0 Å². The van der Waals surface area contributed by atoms with Gasteiger partial charge >= 0.3 is 5.97 Å². The molecule has 0 spiro atoms. The molecule has 4 nitrogen and oxygen atoms in total. The Kier molecular flexibility index (Phi) is 4.62. The monoisotopic (exact) mass is 188 g/mol. The third-order valence-corrected chi connectivity index (χ3v) is 2.04. The van der Waals surface area contributed by atoms with E-state index in [0.29, 0.717) is 0 Å². The number of esters is 1. The van der Waals surface area contributed by atoms with E-state index < -0.39 is 5.41 Å². The number of carbonyl (C=O) groups excluding carboxylic acids is 2. The van der Waals surface area contributed by atoms with E-state index >= 15 is 0 Å². The summed E-state index contributed by atoms with van der Waals surface area (Å²) in [6.45, 7) is 4.26. The number of hydrogen-bond donors (Lipinski definition) is 1. The van der Waals surface area contributed by atoms with E-state index in [2.05, 4.69) is 0 Å². The van der Waals surface area contributed by atoms with E-state index in [0.717, 1.165) is 0 Å². The lowest BCUT2D eigenvalue weighted by molar-refractivity contribution is -0.150. The first-order chi connectivity index (χ1) is 5.96. The number of ether oxygens (including phenoxy) is 1. The van der Waals surface area contributed by atoms with Crippen LogP contribution in [-0.2, 0) is 14.3 Å². The molecule has 13 heavy (non-hydrogen) atoms. The van der Waals surface area contributed by atoms with Gasteiger partial charge < -0.3 is 9.84 Å². The first-order valence-electron chi connectivity index (χ1n) is 4.24. The third kappa shape index (κ3) is 3.55. The molecule has 0 unspecified atom stereocenters. The van der Waals surface area contributed by atoms with Crippen LogP contribution in [-0.4, -0.2) is 30.1 Å². The molecule has 0 aromatic heterocycles. The second kappa shape index (κ2) is 4.97. The van der Waals surface area contributed by atoms with E-state index in [1.807, 2.05) is 0 Å². The molecule has 0 fully saturated rings. The standard InChI is InChI=1S/C9H16O4/c1-4-8(12)13-6-9(3,5-10)7(2)11/h10H,4-6H2,1-3H3/t9-/m0/s1. The molecule has 0 radical (unpaired) electrons. The van der Waals surface area contributed by atoms with Gasteiger partial charge in [-0.1, -0.05) is 6.92 Å². The Balaban J connectivity index is 4.13. The minimum atomic E-state index is -0.954. The molecule has 0 saturated carbocycles. The fourth-order valence-electron chi connectivity index (χ4n) is 0.600. The molecule has 4 heteroatoms. The molecule has 0 heterocycles. The van der Waals surface area contributed by atoms with Crippen LogP contribution in [0.2, 0.25) is 0 Å². The molecular formula is C9H16O4. The summed E-state index contributed by atoms with van der Waals surface area (Å²) < 4.78 is 4.79. The summed E-state index contributed by atoms with van der Waals surface area (Å²) in [6, 6.07) is 0. The topological polar surface area (TPSA) is 63.6 Å². The fourth-order valence-corrected chi connectivity index (χ4v) is 0.600. The molecule has 0 aliphatic heterocycles. The number of aliphatic hydroxyl groups is 1. The normalized spacial score (nSPS) is 14.8. The maximum atomic E-state index is 11.0. The molecule has 0 aromatic carbocycles. The van der Waals surface area contributed by atoms with Crippen molar-refractivity contribution in [2.24, 2.45) is 5.41 Å². The maximum absolute atomic E-state index is 11.0. The second-order valence-electron chi connectivity index (χ2n) is 3.29. The first-order valence-corrected chi connectivity index (χ1v) is 4.24. The molecule has 0 saturated heterocycles. The Morgan fingerprint density at radius 1 is 1.46 bits per heavy atom. The molecule has 0 rings (SSSR count). The smallest absolute Gasteiger partial charge is 0.305 e. The minimum absolute atomic E-state index is 0.0501. The van der Waals surface area contributed by atoms with Crippen LogP contribution >= 0.6 is 0 Å². The fraction of sp³-hybridized carbons (Fsp3) is 0.778. The van der Waals surface area contributed by atoms with Crippen molar-refractivity contribution in [2.45, 2.75) is 27.2 Å². The van der Waals surface area contributed by atoms with Crippen molar-refractivity contribution >= 4 is 11.8 Å². The van der Waals surface area contributed by atoms with Gasteiger partial charge in [0.1, 0.15) is 12.4 Å². The molecule has 1 atom stereocenters. The summed E-state index contributed by atoms with van der Waals surface area (Å²) in [7, 11) is 0. The van der Waals surface area contributed by atoms with Gasteiger partial charge in [0.25, 0.3) is 0 Å². The molecule has 1 N–H and O–H groups in total. The largest absolute Gasteiger partial charge is 0.465 e. The van der Waals surface area contributed by atoms with Crippen molar-refractivity contribution in [1.29, 1.82) is 0 Å². The van der Waals surface area contributed by atoms with Crippen LogP contribution in [0.5, 0.6) is 0 Å². The average Bonchev–Trinajstić information content (AvgIpc) is 2.13. The van der Waals surface area contributed by atoms with E-state index in [1.54, 1.807) is 13.8 Å². The summed E-state index contributed by atoms with van der Waals surface area (Å²) >= 11 is 0. The Labute approximate surface area is 77.9 Å². The van der Waals surface area contributed by atoms with E-state index in [1.165, 1.54) is 6.92 Å². The lowest BCUT2D eigenvalue weighted by Gasteiger charge is -2.23. The van der Waals surface area contributed by atoms with Gasteiger partial charge in [-0.3, -0.25) is 9.59 Å². The van der Waals surface area contributed by atoms with Gasteiger partial charge in [0.2, 0.25) is 0 Å². The summed E-state index contributed by atoms with van der Waals surface area (Å²) in [6.07, 6.45) is 0.277. The highest BCUT2D eigenvalue weighted by atomic mass is 16.5. The lowest BCUT2D eigenvalue weighted by Crippen LogP contribution is -2.35. The van der Waals surface area contributed by atoms with E-state index in [-0.39, 0.29) is 31.4 Å². The van der Waals surface area contributed by atoms with Crippen LogP contribution in [0, 0.1) is 5.41 Å². The van der Waals surface area contributed by atoms with E-state index in [4.69, 9.17) is 9.84 Å². The lowest BCUT2D eigenvalue weighted by atomic mass is 9.88. The SMILES string of the molecule is CCC(=O)OC[C@](C)(CO)C(C)=O. The number of rotatable bonds is 5. The van der Waals surface area contributed by atoms with Crippen molar-refractivity contribution in [3.8, 4) is 0 Å². The predicted molar refractivity (Wildman–Crippen MR) is 47.1 cm³/mol. The highest BCUT2D eigenvalue weighted by Gasteiger charge is 2.30. The molecule has 0 aromatic rings. The van der Waals surface area contributed by atoms with Gasteiger partial charge in [-0.2, -0.15) is 0 Å². The zero-order valence-electron chi connectivity index (χ0n) is 8.29. The van der Waals surface area contributed by atoms with Crippen LogP contribution in [0.3, 0.4) is 0 Å². The second-order valence-corrected chi connectivity index (χ2v) is 3.29. The van der Waals surface area contributed by atoms with Gasteiger partial charge in [-0.05, 0) is 13.8 Å². The number of hydrogen-bond acceptors (Lipinski definition) is 4. The number of aliphatic hydroxyl groups excluding tert-OH is 1. The van der Waals surface area contributed by atoms with Crippen molar-refractivity contribution in [3.63, 3.8) is 0 Å².